The standard InChI is InChI=1S/C10H18N2O/c1-4-5-6-11-8-10(13)12-7-9(2)3/h9,11H,6-8H2,1-3H3,(H,12,13). The fourth-order valence-electron chi connectivity index (χ4n) is 0.707. The molecule has 0 atom stereocenters. The monoisotopic (exact) mass is 182 g/mol. The Morgan fingerprint density at radius 1 is 1.46 bits per heavy atom. The van der Waals surface area contributed by atoms with E-state index in [4.69, 9.17) is 0 Å². The Balaban J connectivity index is 3.34. The van der Waals surface area contributed by atoms with E-state index in [1.165, 1.54) is 0 Å². The highest BCUT2D eigenvalue weighted by Gasteiger charge is 1.99. The molecule has 74 valence electrons. The van der Waals surface area contributed by atoms with Crippen molar-refractivity contribution < 1.29 is 4.79 Å². The fraction of sp³-hybridized carbons (Fsp3) is 0.700. The molecule has 0 fully saturated rings. The topological polar surface area (TPSA) is 41.1 Å². The normalized spacial score (nSPS) is 9.23. The largest absolute Gasteiger partial charge is 0.355 e. The van der Waals surface area contributed by atoms with Crippen LogP contribution in [0.25, 0.3) is 0 Å². The smallest absolute Gasteiger partial charge is 0.233 e. The molecule has 0 aromatic carbocycles. The van der Waals surface area contributed by atoms with Gasteiger partial charge in [-0.15, -0.1) is 5.92 Å². The average Bonchev–Trinajstić information content (AvgIpc) is 2.09. The van der Waals surface area contributed by atoms with Crippen molar-refractivity contribution in [3.63, 3.8) is 0 Å². The van der Waals surface area contributed by atoms with Gasteiger partial charge in [-0.2, -0.15) is 0 Å². The SMILES string of the molecule is CC#CCNCC(=O)NCC(C)C. The van der Waals surface area contributed by atoms with Gasteiger partial charge in [-0.25, -0.2) is 0 Å². The van der Waals surface area contributed by atoms with Crippen molar-refractivity contribution in [3.8, 4) is 11.8 Å². The summed E-state index contributed by atoms with van der Waals surface area (Å²) >= 11 is 0. The molecule has 0 aliphatic heterocycles. The number of hydrogen-bond donors (Lipinski definition) is 2. The van der Waals surface area contributed by atoms with Crippen LogP contribution in [-0.4, -0.2) is 25.5 Å². The third kappa shape index (κ3) is 8.90. The van der Waals surface area contributed by atoms with E-state index in [0.29, 0.717) is 19.0 Å². The molecule has 0 unspecified atom stereocenters. The minimum absolute atomic E-state index is 0.0339. The van der Waals surface area contributed by atoms with E-state index < -0.39 is 0 Å². The molecular formula is C10H18N2O. The predicted octanol–water partition coefficient (Wildman–Crippen LogP) is 0.371. The Morgan fingerprint density at radius 3 is 2.69 bits per heavy atom. The maximum atomic E-state index is 11.1. The van der Waals surface area contributed by atoms with Gasteiger partial charge in [-0.3, -0.25) is 10.1 Å². The van der Waals surface area contributed by atoms with E-state index in [1.807, 2.05) is 0 Å². The van der Waals surface area contributed by atoms with Crippen LogP contribution in [0.3, 0.4) is 0 Å². The minimum atomic E-state index is 0.0339. The molecule has 0 saturated carbocycles. The molecule has 3 nitrogen and oxygen atoms in total. The zero-order chi connectivity index (χ0) is 10.1. The Kier molecular flexibility index (Phi) is 7.04. The van der Waals surface area contributed by atoms with Gasteiger partial charge in [0, 0.05) is 6.54 Å². The van der Waals surface area contributed by atoms with E-state index in [9.17, 15) is 4.79 Å². The molecule has 0 aromatic rings. The molecule has 0 rings (SSSR count). The fourth-order valence-corrected chi connectivity index (χ4v) is 0.707. The summed E-state index contributed by atoms with van der Waals surface area (Å²) in [5.74, 6) is 6.11. The highest BCUT2D eigenvalue weighted by atomic mass is 16.1. The third-order valence-corrected chi connectivity index (χ3v) is 1.38. The highest BCUT2D eigenvalue weighted by Crippen LogP contribution is 1.85. The minimum Gasteiger partial charge on any atom is -0.355 e. The first kappa shape index (κ1) is 12.0. The van der Waals surface area contributed by atoms with Crippen LogP contribution in [0.1, 0.15) is 20.8 Å². The summed E-state index contributed by atoms with van der Waals surface area (Å²) < 4.78 is 0. The number of amides is 1. The van der Waals surface area contributed by atoms with Crippen LogP contribution in [-0.2, 0) is 4.79 Å². The van der Waals surface area contributed by atoms with E-state index in [0.717, 1.165) is 6.54 Å². The van der Waals surface area contributed by atoms with Crippen molar-refractivity contribution in [1.29, 1.82) is 0 Å². The number of rotatable bonds is 5. The molecule has 1 amide bonds. The van der Waals surface area contributed by atoms with Crippen LogP contribution in [0.2, 0.25) is 0 Å². The van der Waals surface area contributed by atoms with Gasteiger partial charge in [0.1, 0.15) is 0 Å². The van der Waals surface area contributed by atoms with Gasteiger partial charge in [-0.1, -0.05) is 19.8 Å². The summed E-state index contributed by atoms with van der Waals surface area (Å²) in [6.45, 7) is 7.57. The maximum Gasteiger partial charge on any atom is 0.233 e. The highest BCUT2D eigenvalue weighted by molar-refractivity contribution is 5.77. The molecule has 0 bridgehead atoms. The lowest BCUT2D eigenvalue weighted by Crippen LogP contribution is -2.35. The van der Waals surface area contributed by atoms with Gasteiger partial charge in [0.15, 0.2) is 0 Å². The van der Waals surface area contributed by atoms with Crippen LogP contribution >= 0.6 is 0 Å². The molecule has 13 heavy (non-hydrogen) atoms. The van der Waals surface area contributed by atoms with Crippen molar-refractivity contribution in [1.82, 2.24) is 10.6 Å². The average molecular weight is 182 g/mol. The van der Waals surface area contributed by atoms with Crippen molar-refractivity contribution in [2.24, 2.45) is 5.92 Å². The molecule has 0 aliphatic carbocycles. The summed E-state index contributed by atoms with van der Waals surface area (Å²) in [6, 6.07) is 0. The van der Waals surface area contributed by atoms with E-state index in [-0.39, 0.29) is 5.91 Å². The second-order valence-corrected chi connectivity index (χ2v) is 3.23. The molecule has 0 aliphatic rings. The Morgan fingerprint density at radius 2 is 2.15 bits per heavy atom. The van der Waals surface area contributed by atoms with Crippen molar-refractivity contribution in [2.45, 2.75) is 20.8 Å². The zero-order valence-electron chi connectivity index (χ0n) is 8.61. The molecule has 0 aromatic heterocycles. The van der Waals surface area contributed by atoms with Gasteiger partial charge >= 0.3 is 0 Å². The molecular weight excluding hydrogens is 164 g/mol. The summed E-state index contributed by atoms with van der Waals surface area (Å²) in [7, 11) is 0. The Labute approximate surface area is 80.3 Å². The predicted molar refractivity (Wildman–Crippen MR) is 54.2 cm³/mol. The van der Waals surface area contributed by atoms with Crippen LogP contribution in [0.5, 0.6) is 0 Å². The Bertz CT molecular complexity index is 201. The quantitative estimate of drug-likeness (QED) is 0.476. The van der Waals surface area contributed by atoms with Gasteiger partial charge in [0.25, 0.3) is 0 Å². The number of hydrogen-bond acceptors (Lipinski definition) is 2. The molecule has 2 N–H and O–H groups in total. The third-order valence-electron chi connectivity index (χ3n) is 1.38. The zero-order valence-corrected chi connectivity index (χ0v) is 8.61. The van der Waals surface area contributed by atoms with Crippen LogP contribution in [0.4, 0.5) is 0 Å². The van der Waals surface area contributed by atoms with E-state index >= 15 is 0 Å². The first-order chi connectivity index (χ1) is 6.16. The lowest BCUT2D eigenvalue weighted by Gasteiger charge is -2.06. The number of nitrogens with one attached hydrogen (secondary N) is 2. The second kappa shape index (κ2) is 7.63. The van der Waals surface area contributed by atoms with Crippen LogP contribution in [0, 0.1) is 17.8 Å². The van der Waals surface area contributed by atoms with Crippen molar-refractivity contribution in [2.75, 3.05) is 19.6 Å². The lowest BCUT2D eigenvalue weighted by atomic mass is 10.2. The first-order valence-corrected chi connectivity index (χ1v) is 4.53. The number of carbonyl (C=O) groups excluding carboxylic acids is 1. The summed E-state index contributed by atoms with van der Waals surface area (Å²) in [5, 5.41) is 5.73. The van der Waals surface area contributed by atoms with Gasteiger partial charge in [0.2, 0.25) is 5.91 Å². The molecule has 0 heterocycles. The summed E-state index contributed by atoms with van der Waals surface area (Å²) in [5.41, 5.74) is 0. The van der Waals surface area contributed by atoms with Crippen molar-refractivity contribution in [3.05, 3.63) is 0 Å². The molecule has 3 heteroatoms. The summed E-state index contributed by atoms with van der Waals surface area (Å²) in [4.78, 5) is 11.1. The van der Waals surface area contributed by atoms with Gasteiger partial charge < -0.3 is 5.32 Å². The first-order valence-electron chi connectivity index (χ1n) is 4.53. The van der Waals surface area contributed by atoms with Gasteiger partial charge in [0.05, 0.1) is 13.1 Å². The molecule has 0 saturated heterocycles. The number of carbonyl (C=O) groups is 1. The molecule has 0 radical (unpaired) electrons. The van der Waals surface area contributed by atoms with Gasteiger partial charge in [-0.05, 0) is 12.8 Å². The maximum absolute atomic E-state index is 11.1. The molecule has 0 spiro atoms. The van der Waals surface area contributed by atoms with Crippen LogP contribution < -0.4 is 10.6 Å². The van der Waals surface area contributed by atoms with E-state index in [2.05, 4.69) is 36.3 Å². The summed E-state index contributed by atoms with van der Waals surface area (Å²) in [6.07, 6.45) is 0. The van der Waals surface area contributed by atoms with Crippen LogP contribution in [0.15, 0.2) is 0 Å². The van der Waals surface area contributed by atoms with E-state index in [1.54, 1.807) is 6.92 Å². The second-order valence-electron chi connectivity index (χ2n) is 3.23. The van der Waals surface area contributed by atoms with Crippen molar-refractivity contribution >= 4 is 5.91 Å². The Hall–Kier alpha value is -1.01. The lowest BCUT2D eigenvalue weighted by molar-refractivity contribution is -0.120.